The lowest BCUT2D eigenvalue weighted by Gasteiger charge is -2.37. The van der Waals surface area contributed by atoms with E-state index in [2.05, 4.69) is 26.0 Å². The van der Waals surface area contributed by atoms with E-state index in [9.17, 15) is 9.18 Å². The topological polar surface area (TPSA) is 79.3 Å². The summed E-state index contributed by atoms with van der Waals surface area (Å²) in [5, 5.41) is 5.28. The van der Waals surface area contributed by atoms with Crippen molar-refractivity contribution in [3.8, 4) is 11.3 Å². The number of aryl methyl sites for hydroxylation is 1. The lowest BCUT2D eigenvalue weighted by molar-refractivity contribution is -0.0132. The Balaban J connectivity index is 1.29. The number of alkyl halides is 1. The number of nitrogens with one attached hydrogen (secondary N) is 1. The van der Waals surface area contributed by atoms with Gasteiger partial charge in [0.1, 0.15) is 17.9 Å². The maximum Gasteiger partial charge on any atom is 0.410 e. The molecule has 0 bridgehead atoms. The summed E-state index contributed by atoms with van der Waals surface area (Å²) >= 11 is 0. The van der Waals surface area contributed by atoms with Gasteiger partial charge in [-0.3, -0.25) is 4.68 Å². The van der Waals surface area contributed by atoms with Crippen LogP contribution in [0.5, 0.6) is 0 Å². The molecule has 1 aliphatic heterocycles. The molecule has 4 heterocycles. The smallest absolute Gasteiger partial charge is 0.410 e. The van der Waals surface area contributed by atoms with Crippen LogP contribution in [-0.4, -0.2) is 69.2 Å². The lowest BCUT2D eigenvalue weighted by atomic mass is 9.94. The van der Waals surface area contributed by atoms with Crippen LogP contribution in [0.25, 0.3) is 22.3 Å². The van der Waals surface area contributed by atoms with Crippen molar-refractivity contribution in [3.63, 3.8) is 0 Å². The first kappa shape index (κ1) is 18.0. The van der Waals surface area contributed by atoms with Crippen molar-refractivity contribution in [1.29, 1.82) is 0 Å². The molecule has 2 fully saturated rings. The molecule has 29 heavy (non-hydrogen) atoms. The van der Waals surface area contributed by atoms with E-state index in [0.717, 1.165) is 28.0 Å². The second-order valence-electron chi connectivity index (χ2n) is 7.73. The highest BCUT2D eigenvalue weighted by Crippen LogP contribution is 2.31. The van der Waals surface area contributed by atoms with Crippen LogP contribution in [0.1, 0.15) is 12.8 Å². The van der Waals surface area contributed by atoms with E-state index in [0.29, 0.717) is 39.0 Å². The summed E-state index contributed by atoms with van der Waals surface area (Å²) in [4.78, 5) is 24.1. The highest BCUT2D eigenvalue weighted by atomic mass is 19.1. The molecule has 2 aliphatic rings. The number of aromatic nitrogens is 4. The van der Waals surface area contributed by atoms with Gasteiger partial charge >= 0.3 is 6.09 Å². The normalized spacial score (nSPS) is 22.0. The fourth-order valence-electron chi connectivity index (χ4n) is 3.95. The van der Waals surface area contributed by atoms with E-state index in [1.54, 1.807) is 15.8 Å². The van der Waals surface area contributed by atoms with Gasteiger partial charge < -0.3 is 19.5 Å². The number of halogens is 1. The van der Waals surface area contributed by atoms with E-state index in [4.69, 9.17) is 4.74 Å². The van der Waals surface area contributed by atoms with Crippen molar-refractivity contribution in [2.45, 2.75) is 25.1 Å². The minimum atomic E-state index is -0.823. The van der Waals surface area contributed by atoms with Crippen LogP contribution in [-0.2, 0) is 11.8 Å². The van der Waals surface area contributed by atoms with Crippen LogP contribution < -0.4 is 4.90 Å². The molecule has 5 rings (SSSR count). The minimum Gasteiger partial charge on any atom is -0.446 e. The molecule has 152 valence electrons. The molecule has 3 aromatic heterocycles. The van der Waals surface area contributed by atoms with Gasteiger partial charge in [-0.05, 0) is 12.1 Å². The number of carbonyl (C=O) groups is 1. The number of piperazine rings is 1. The van der Waals surface area contributed by atoms with Crippen LogP contribution in [0, 0.1) is 0 Å². The van der Waals surface area contributed by atoms with Gasteiger partial charge in [0.05, 0.1) is 11.9 Å². The molecule has 0 unspecified atom stereocenters. The third-order valence-corrected chi connectivity index (χ3v) is 5.71. The Bertz CT molecular complexity index is 1030. The molecule has 0 radical (unpaired) electrons. The van der Waals surface area contributed by atoms with E-state index < -0.39 is 6.17 Å². The van der Waals surface area contributed by atoms with E-state index in [1.807, 2.05) is 25.5 Å². The molecule has 1 aliphatic carbocycles. The highest BCUT2D eigenvalue weighted by Gasteiger charge is 2.34. The van der Waals surface area contributed by atoms with E-state index in [-0.39, 0.29) is 12.2 Å². The Morgan fingerprint density at radius 3 is 2.76 bits per heavy atom. The summed E-state index contributed by atoms with van der Waals surface area (Å²) in [6.45, 7) is 2.57. The standard InChI is InChI=1S/C20H23FN6O2/c1-25-12-13(11-23-25)17-10-16-18(2-3-22-19(16)24-17)26-4-6-27(7-5-26)20(28)29-15-8-14(21)9-15/h2-3,10-12,14-15H,4-9H2,1H3,(H,22,24). The van der Waals surface area contributed by atoms with Crippen molar-refractivity contribution in [2.24, 2.45) is 7.05 Å². The molecule has 8 nitrogen and oxygen atoms in total. The van der Waals surface area contributed by atoms with E-state index in [1.165, 1.54) is 0 Å². The first-order valence-electron chi connectivity index (χ1n) is 9.88. The number of anilines is 1. The molecule has 1 N–H and O–H groups in total. The fourth-order valence-corrected chi connectivity index (χ4v) is 3.95. The molecule has 3 aromatic rings. The number of hydrogen-bond donors (Lipinski definition) is 1. The van der Waals surface area contributed by atoms with Gasteiger partial charge in [-0.25, -0.2) is 14.2 Å². The number of carbonyl (C=O) groups excluding carboxylic acids is 1. The summed E-state index contributed by atoms with van der Waals surface area (Å²) in [5.74, 6) is 0. The summed E-state index contributed by atoms with van der Waals surface area (Å²) in [7, 11) is 1.89. The average molecular weight is 398 g/mol. The van der Waals surface area contributed by atoms with Crippen LogP contribution in [0.15, 0.2) is 30.7 Å². The quantitative estimate of drug-likeness (QED) is 0.734. The number of H-pyrrole nitrogens is 1. The van der Waals surface area contributed by atoms with Gasteiger partial charge in [0.15, 0.2) is 0 Å². The zero-order valence-corrected chi connectivity index (χ0v) is 16.2. The van der Waals surface area contributed by atoms with Gasteiger partial charge in [0.2, 0.25) is 0 Å². The summed E-state index contributed by atoms with van der Waals surface area (Å²) in [6, 6.07) is 4.10. The summed E-state index contributed by atoms with van der Waals surface area (Å²) in [5.41, 5.74) is 3.90. The number of pyridine rings is 1. The Morgan fingerprint density at radius 2 is 2.07 bits per heavy atom. The van der Waals surface area contributed by atoms with Gasteiger partial charge in [-0.15, -0.1) is 0 Å². The number of amides is 1. The zero-order valence-electron chi connectivity index (χ0n) is 16.2. The molecule has 0 atom stereocenters. The molecule has 1 saturated heterocycles. The first-order chi connectivity index (χ1) is 14.1. The van der Waals surface area contributed by atoms with Crippen LogP contribution in [0.2, 0.25) is 0 Å². The lowest BCUT2D eigenvalue weighted by Crippen LogP contribution is -2.50. The second-order valence-corrected chi connectivity index (χ2v) is 7.73. The third-order valence-electron chi connectivity index (χ3n) is 5.71. The van der Waals surface area contributed by atoms with Gasteiger partial charge in [0.25, 0.3) is 0 Å². The average Bonchev–Trinajstić information content (AvgIpc) is 3.32. The second kappa shape index (κ2) is 7.06. The monoisotopic (exact) mass is 398 g/mol. The maximum atomic E-state index is 12.9. The van der Waals surface area contributed by atoms with E-state index >= 15 is 0 Å². The van der Waals surface area contributed by atoms with Crippen molar-refractivity contribution in [1.82, 2.24) is 24.6 Å². The summed E-state index contributed by atoms with van der Waals surface area (Å²) in [6.07, 6.45) is 4.82. The predicted octanol–water partition coefficient (Wildman–Crippen LogP) is 2.72. The molecule has 1 saturated carbocycles. The van der Waals surface area contributed by atoms with Gasteiger partial charge in [0, 0.05) is 75.1 Å². The fraction of sp³-hybridized carbons (Fsp3) is 0.450. The molecule has 0 spiro atoms. The number of fused-ring (bicyclic) bond motifs is 1. The first-order valence-corrected chi connectivity index (χ1v) is 9.88. The third kappa shape index (κ3) is 3.41. The molecule has 0 aromatic carbocycles. The van der Waals surface area contributed by atoms with Crippen molar-refractivity contribution in [2.75, 3.05) is 31.1 Å². The highest BCUT2D eigenvalue weighted by molar-refractivity contribution is 5.93. The zero-order chi connectivity index (χ0) is 20.0. The van der Waals surface area contributed by atoms with Crippen LogP contribution >= 0.6 is 0 Å². The SMILES string of the molecule is Cn1cc(-c2cc3c(N4CCN(C(=O)OC5CC(F)C5)CC4)ccnc3[nH]2)cn1. The number of ether oxygens (including phenoxy) is 1. The Morgan fingerprint density at radius 1 is 1.28 bits per heavy atom. The molecule has 9 heteroatoms. The van der Waals surface area contributed by atoms with Gasteiger partial charge in [-0.2, -0.15) is 5.10 Å². The van der Waals surface area contributed by atoms with Crippen molar-refractivity contribution in [3.05, 3.63) is 30.7 Å². The minimum absolute atomic E-state index is 0.263. The Labute approximate surface area is 167 Å². The number of hydrogen-bond acceptors (Lipinski definition) is 5. The van der Waals surface area contributed by atoms with Crippen LogP contribution in [0.3, 0.4) is 0 Å². The number of rotatable bonds is 3. The van der Waals surface area contributed by atoms with Crippen molar-refractivity contribution >= 4 is 22.8 Å². The Hall–Kier alpha value is -3.10. The Kier molecular flexibility index (Phi) is 4.37. The maximum absolute atomic E-state index is 12.9. The largest absolute Gasteiger partial charge is 0.446 e. The molecule has 1 amide bonds. The molecular formula is C20H23FN6O2. The van der Waals surface area contributed by atoms with Crippen molar-refractivity contribution < 1.29 is 13.9 Å². The predicted molar refractivity (Wildman–Crippen MR) is 106 cm³/mol. The van der Waals surface area contributed by atoms with Gasteiger partial charge in [-0.1, -0.05) is 0 Å². The summed E-state index contributed by atoms with van der Waals surface area (Å²) < 4.78 is 20.1. The molecular weight excluding hydrogens is 375 g/mol. The van der Waals surface area contributed by atoms with Crippen LogP contribution in [0.4, 0.5) is 14.9 Å². The number of nitrogens with zero attached hydrogens (tertiary/aromatic N) is 5. The number of aromatic amines is 1.